The third-order valence-corrected chi connectivity index (χ3v) is 4.20. The van der Waals surface area contributed by atoms with E-state index < -0.39 is 0 Å². The van der Waals surface area contributed by atoms with Crippen LogP contribution in [0.1, 0.15) is 29.7 Å². The maximum Gasteiger partial charge on any atom is 0.111 e. The molecule has 2 atom stereocenters. The molecule has 0 aromatic carbocycles. The van der Waals surface area contributed by atoms with Gasteiger partial charge in [-0.15, -0.1) is 0 Å². The Morgan fingerprint density at radius 3 is 2.88 bits per heavy atom. The average Bonchev–Trinajstić information content (AvgIpc) is 2.72. The van der Waals surface area contributed by atoms with Crippen LogP contribution in [0.5, 0.6) is 0 Å². The molecule has 1 fully saturated rings. The molecule has 0 unspecified atom stereocenters. The molecule has 0 aliphatic heterocycles. The second kappa shape index (κ2) is 3.38. The van der Waals surface area contributed by atoms with Crippen molar-refractivity contribution in [3.05, 3.63) is 47.5 Å². The van der Waals surface area contributed by atoms with Gasteiger partial charge in [0.15, 0.2) is 0 Å². The first-order valence-electron chi connectivity index (χ1n) is 6.05. The van der Waals surface area contributed by atoms with Crippen LogP contribution in [0.4, 0.5) is 0 Å². The van der Waals surface area contributed by atoms with Crippen LogP contribution in [0, 0.1) is 18.8 Å². The predicted molar refractivity (Wildman–Crippen MR) is 65.3 cm³/mol. The first-order valence-corrected chi connectivity index (χ1v) is 6.05. The Morgan fingerprint density at radius 2 is 2.06 bits per heavy atom. The number of fused-ring (bicyclic) bond motifs is 2. The SMILES string of the molecule is C=C1C[C@H]2Cc3c(C)coc3CC(=C)[C@H]2C1. The Bertz CT molecular complexity index is 464. The molecule has 1 heteroatoms. The molecule has 16 heavy (non-hydrogen) atoms. The summed E-state index contributed by atoms with van der Waals surface area (Å²) in [6.45, 7) is 10.6. The lowest BCUT2D eigenvalue weighted by Gasteiger charge is -2.17. The number of furan rings is 1. The van der Waals surface area contributed by atoms with Crippen LogP contribution in [-0.4, -0.2) is 0 Å². The van der Waals surface area contributed by atoms with Crippen LogP contribution in [0.25, 0.3) is 0 Å². The maximum absolute atomic E-state index is 5.65. The van der Waals surface area contributed by atoms with E-state index in [4.69, 9.17) is 4.42 Å². The summed E-state index contributed by atoms with van der Waals surface area (Å²) >= 11 is 0. The van der Waals surface area contributed by atoms with Gasteiger partial charge in [-0.1, -0.05) is 24.3 Å². The lowest BCUT2D eigenvalue weighted by atomic mass is 9.87. The van der Waals surface area contributed by atoms with E-state index in [9.17, 15) is 0 Å². The minimum Gasteiger partial charge on any atom is -0.468 e. The molecule has 0 bridgehead atoms. The first-order chi connectivity index (χ1) is 7.65. The third kappa shape index (κ3) is 1.38. The summed E-state index contributed by atoms with van der Waals surface area (Å²) in [5.41, 5.74) is 5.49. The van der Waals surface area contributed by atoms with Gasteiger partial charge in [-0.25, -0.2) is 0 Å². The van der Waals surface area contributed by atoms with E-state index >= 15 is 0 Å². The van der Waals surface area contributed by atoms with Gasteiger partial charge in [0.25, 0.3) is 0 Å². The van der Waals surface area contributed by atoms with Crippen LogP contribution < -0.4 is 0 Å². The Hall–Kier alpha value is -1.24. The Kier molecular flexibility index (Phi) is 2.10. The van der Waals surface area contributed by atoms with Crippen LogP contribution in [0.2, 0.25) is 0 Å². The van der Waals surface area contributed by atoms with Crippen molar-refractivity contribution in [1.29, 1.82) is 0 Å². The van der Waals surface area contributed by atoms with Crippen molar-refractivity contribution in [2.45, 2.75) is 32.6 Å². The number of allylic oxidation sites excluding steroid dienone is 2. The molecule has 84 valence electrons. The minimum absolute atomic E-state index is 0.648. The molecule has 0 saturated heterocycles. The highest BCUT2D eigenvalue weighted by atomic mass is 16.3. The van der Waals surface area contributed by atoms with E-state index in [2.05, 4.69) is 20.1 Å². The van der Waals surface area contributed by atoms with Crippen molar-refractivity contribution in [2.24, 2.45) is 11.8 Å². The molecular formula is C15H18O. The molecule has 1 nitrogen and oxygen atoms in total. The normalized spacial score (nSPS) is 28.8. The lowest BCUT2D eigenvalue weighted by Crippen LogP contribution is -2.10. The zero-order valence-electron chi connectivity index (χ0n) is 9.88. The summed E-state index contributed by atoms with van der Waals surface area (Å²) in [7, 11) is 0. The molecule has 0 N–H and O–H groups in total. The molecule has 2 aliphatic carbocycles. The predicted octanol–water partition coefficient (Wildman–Crippen LogP) is 3.83. The van der Waals surface area contributed by atoms with Crippen LogP contribution in [-0.2, 0) is 12.8 Å². The lowest BCUT2D eigenvalue weighted by molar-refractivity contribution is 0.440. The van der Waals surface area contributed by atoms with Crippen molar-refractivity contribution in [3.63, 3.8) is 0 Å². The standard InChI is InChI=1S/C15H18O/c1-9-4-12-7-14-11(3)8-16-15(14)6-10(2)13(12)5-9/h8,12-13H,1-2,4-7H2,3H3/t12-,13+/m0/s1. The third-order valence-electron chi connectivity index (χ3n) is 4.20. The van der Waals surface area contributed by atoms with Crippen LogP contribution in [0.3, 0.4) is 0 Å². The minimum atomic E-state index is 0.648. The van der Waals surface area contributed by atoms with E-state index in [1.807, 2.05) is 6.26 Å². The Morgan fingerprint density at radius 1 is 1.25 bits per heavy atom. The van der Waals surface area contributed by atoms with Gasteiger partial charge >= 0.3 is 0 Å². The zero-order chi connectivity index (χ0) is 11.3. The number of hydrogen-bond donors (Lipinski definition) is 0. The van der Waals surface area contributed by atoms with E-state index in [1.165, 1.54) is 28.7 Å². The highest BCUT2D eigenvalue weighted by molar-refractivity contribution is 5.35. The summed E-state index contributed by atoms with van der Waals surface area (Å²) < 4.78 is 5.65. The van der Waals surface area contributed by atoms with Gasteiger partial charge in [-0.2, -0.15) is 0 Å². The van der Waals surface area contributed by atoms with Crippen molar-refractivity contribution in [1.82, 2.24) is 0 Å². The monoisotopic (exact) mass is 214 g/mol. The molecule has 1 aromatic rings. The molecule has 0 spiro atoms. The smallest absolute Gasteiger partial charge is 0.111 e. The summed E-state index contributed by atoms with van der Waals surface area (Å²) in [4.78, 5) is 0. The molecule has 0 radical (unpaired) electrons. The second-order valence-electron chi connectivity index (χ2n) is 5.38. The fraction of sp³-hybridized carbons (Fsp3) is 0.467. The van der Waals surface area contributed by atoms with Gasteiger partial charge in [0, 0.05) is 6.42 Å². The highest BCUT2D eigenvalue weighted by Gasteiger charge is 2.35. The highest BCUT2D eigenvalue weighted by Crippen LogP contribution is 2.45. The van der Waals surface area contributed by atoms with Gasteiger partial charge in [0.05, 0.1) is 6.26 Å². The van der Waals surface area contributed by atoms with Crippen LogP contribution >= 0.6 is 0 Å². The average molecular weight is 214 g/mol. The van der Waals surface area contributed by atoms with Crippen molar-refractivity contribution in [3.8, 4) is 0 Å². The van der Waals surface area contributed by atoms with Crippen molar-refractivity contribution >= 4 is 0 Å². The molecule has 0 amide bonds. The van der Waals surface area contributed by atoms with E-state index in [0.29, 0.717) is 5.92 Å². The van der Waals surface area contributed by atoms with Gasteiger partial charge in [0.2, 0.25) is 0 Å². The van der Waals surface area contributed by atoms with E-state index in [0.717, 1.165) is 30.9 Å². The number of aryl methyl sites for hydroxylation is 1. The largest absolute Gasteiger partial charge is 0.468 e. The summed E-state index contributed by atoms with van der Waals surface area (Å²) in [5, 5.41) is 0. The molecule has 1 saturated carbocycles. The summed E-state index contributed by atoms with van der Waals surface area (Å²) in [6.07, 6.45) is 6.29. The first kappa shape index (κ1) is 9.95. The number of rotatable bonds is 0. The number of hydrogen-bond acceptors (Lipinski definition) is 1. The molecule has 1 aromatic heterocycles. The Labute approximate surface area is 96.8 Å². The van der Waals surface area contributed by atoms with Gasteiger partial charge in [0.1, 0.15) is 5.76 Å². The zero-order valence-corrected chi connectivity index (χ0v) is 9.88. The topological polar surface area (TPSA) is 13.1 Å². The second-order valence-corrected chi connectivity index (χ2v) is 5.38. The van der Waals surface area contributed by atoms with E-state index in [-0.39, 0.29) is 0 Å². The maximum atomic E-state index is 5.65. The molecular weight excluding hydrogens is 196 g/mol. The van der Waals surface area contributed by atoms with Gasteiger partial charge < -0.3 is 4.42 Å². The molecule has 2 aliphatic rings. The summed E-state index contributed by atoms with van der Waals surface area (Å²) in [6, 6.07) is 0. The van der Waals surface area contributed by atoms with Crippen LogP contribution in [0.15, 0.2) is 35.0 Å². The quantitative estimate of drug-likeness (QED) is 0.598. The van der Waals surface area contributed by atoms with Crippen molar-refractivity contribution in [2.75, 3.05) is 0 Å². The molecule has 1 heterocycles. The van der Waals surface area contributed by atoms with Gasteiger partial charge in [-0.3, -0.25) is 0 Å². The fourth-order valence-electron chi connectivity index (χ4n) is 3.31. The van der Waals surface area contributed by atoms with E-state index in [1.54, 1.807) is 0 Å². The fourth-order valence-corrected chi connectivity index (χ4v) is 3.31. The Balaban J connectivity index is 2.01. The van der Waals surface area contributed by atoms with Crippen molar-refractivity contribution < 1.29 is 4.42 Å². The summed E-state index contributed by atoms with van der Waals surface area (Å²) in [5.74, 6) is 2.52. The van der Waals surface area contributed by atoms with Gasteiger partial charge in [-0.05, 0) is 49.1 Å². The molecule has 3 rings (SSSR count).